The minimum atomic E-state index is -4.22. The molecule has 0 unspecified atom stereocenters. The van der Waals surface area contributed by atoms with Crippen molar-refractivity contribution in [2.45, 2.75) is 57.1 Å². The molecule has 0 aromatic heterocycles. The van der Waals surface area contributed by atoms with Gasteiger partial charge in [-0.15, -0.1) is 0 Å². The van der Waals surface area contributed by atoms with Crippen LogP contribution in [0.15, 0.2) is 108 Å². The number of sulfonamides is 1. The first-order valence-corrected chi connectivity index (χ1v) is 16.9. The summed E-state index contributed by atoms with van der Waals surface area (Å²) in [5.41, 5.74) is 2.58. The zero-order valence-electron chi connectivity index (χ0n) is 25.5. The molecule has 0 bridgehead atoms. The van der Waals surface area contributed by atoms with E-state index in [1.54, 1.807) is 49.4 Å². The first-order valence-electron chi connectivity index (χ1n) is 14.7. The van der Waals surface area contributed by atoms with E-state index in [2.05, 4.69) is 5.32 Å². The predicted molar refractivity (Wildman–Crippen MR) is 181 cm³/mol. The molecule has 7 nitrogen and oxygen atoms in total. The second-order valence-electron chi connectivity index (χ2n) is 10.9. The number of carbonyl (C=O) groups is 2. The number of para-hydroxylation sites is 1. The van der Waals surface area contributed by atoms with E-state index in [4.69, 9.17) is 23.2 Å². The normalized spacial score (nSPS) is 12.6. The van der Waals surface area contributed by atoms with Crippen molar-refractivity contribution < 1.29 is 18.0 Å². The molecule has 236 valence electrons. The Morgan fingerprint density at radius 1 is 0.822 bits per heavy atom. The lowest BCUT2D eigenvalue weighted by atomic mass is 10.0. The van der Waals surface area contributed by atoms with Crippen molar-refractivity contribution in [2.75, 3.05) is 10.8 Å². The third-order valence-electron chi connectivity index (χ3n) is 7.58. The molecule has 1 N–H and O–H groups in total. The largest absolute Gasteiger partial charge is 0.352 e. The highest BCUT2D eigenvalue weighted by atomic mass is 35.5. The SMILES string of the molecule is CC[C@@H](C)NC(=O)[C@H](Cc1ccccc1)N(Cc1cccc(Cl)c1)C(=O)CN(c1ccccc1C)S(=O)(=O)c1ccc(Cl)cc1. The quantitative estimate of drug-likeness (QED) is 0.166. The summed E-state index contributed by atoms with van der Waals surface area (Å²) in [6.45, 7) is 5.14. The van der Waals surface area contributed by atoms with Crippen molar-refractivity contribution in [3.8, 4) is 0 Å². The molecular formula is C35H37Cl2N3O4S. The third kappa shape index (κ3) is 8.87. The number of aryl methyl sites for hydroxylation is 1. The lowest BCUT2D eigenvalue weighted by Gasteiger charge is -2.34. The number of nitrogens with one attached hydrogen (secondary N) is 1. The summed E-state index contributed by atoms with van der Waals surface area (Å²) in [6.07, 6.45) is 0.927. The van der Waals surface area contributed by atoms with Crippen LogP contribution in [-0.4, -0.2) is 43.8 Å². The molecule has 0 saturated heterocycles. The van der Waals surface area contributed by atoms with E-state index in [0.717, 1.165) is 9.87 Å². The Morgan fingerprint density at radius 3 is 2.11 bits per heavy atom. The van der Waals surface area contributed by atoms with Crippen molar-refractivity contribution in [1.29, 1.82) is 0 Å². The topological polar surface area (TPSA) is 86.8 Å². The van der Waals surface area contributed by atoms with Crippen molar-refractivity contribution in [2.24, 2.45) is 0 Å². The number of anilines is 1. The van der Waals surface area contributed by atoms with Gasteiger partial charge < -0.3 is 10.2 Å². The van der Waals surface area contributed by atoms with Crippen molar-refractivity contribution in [3.63, 3.8) is 0 Å². The third-order valence-corrected chi connectivity index (χ3v) is 9.84. The van der Waals surface area contributed by atoms with Crippen LogP contribution >= 0.6 is 23.2 Å². The lowest BCUT2D eigenvalue weighted by molar-refractivity contribution is -0.140. The fourth-order valence-corrected chi connectivity index (χ4v) is 6.74. The smallest absolute Gasteiger partial charge is 0.264 e. The number of rotatable bonds is 13. The summed E-state index contributed by atoms with van der Waals surface area (Å²) in [7, 11) is -4.22. The maximum atomic E-state index is 14.5. The van der Waals surface area contributed by atoms with E-state index in [1.165, 1.54) is 29.2 Å². The fraction of sp³-hybridized carbons (Fsp3) is 0.257. The highest BCUT2D eigenvalue weighted by Gasteiger charge is 2.35. The van der Waals surface area contributed by atoms with E-state index < -0.39 is 28.5 Å². The Morgan fingerprint density at radius 2 is 1.47 bits per heavy atom. The average molecular weight is 667 g/mol. The van der Waals surface area contributed by atoms with Gasteiger partial charge in [-0.05, 0) is 79.4 Å². The molecule has 0 fully saturated rings. The van der Waals surface area contributed by atoms with E-state index in [9.17, 15) is 18.0 Å². The molecule has 4 aromatic carbocycles. The first-order chi connectivity index (χ1) is 21.5. The molecule has 4 rings (SSSR count). The summed E-state index contributed by atoms with van der Waals surface area (Å²) < 4.78 is 29.4. The van der Waals surface area contributed by atoms with Crippen LogP contribution in [0.1, 0.15) is 37.0 Å². The van der Waals surface area contributed by atoms with Gasteiger partial charge in [-0.25, -0.2) is 8.42 Å². The minimum Gasteiger partial charge on any atom is -0.352 e. The maximum Gasteiger partial charge on any atom is 0.264 e. The summed E-state index contributed by atoms with van der Waals surface area (Å²) in [5.74, 6) is -0.873. The molecule has 0 aliphatic rings. The van der Waals surface area contributed by atoms with Crippen LogP contribution in [-0.2, 0) is 32.6 Å². The van der Waals surface area contributed by atoms with Gasteiger partial charge in [-0.2, -0.15) is 0 Å². The zero-order chi connectivity index (χ0) is 32.6. The molecule has 0 aliphatic heterocycles. The Kier molecular flexibility index (Phi) is 11.7. The second-order valence-corrected chi connectivity index (χ2v) is 13.7. The maximum absolute atomic E-state index is 14.5. The Labute approximate surface area is 275 Å². The molecule has 4 aromatic rings. The van der Waals surface area contributed by atoms with Crippen LogP contribution in [0, 0.1) is 6.92 Å². The standard InChI is InChI=1S/C35H37Cl2N3O4S/c1-4-26(3)38-35(42)33(22-27-12-6-5-7-13-27)39(23-28-14-10-15-30(37)21-28)34(41)24-40(32-16-9-8-11-25(32)2)45(43,44)31-19-17-29(36)18-20-31/h5-21,26,33H,4,22-24H2,1-3H3,(H,38,42)/t26-,33+/m1/s1. The average Bonchev–Trinajstić information content (AvgIpc) is 3.02. The summed E-state index contributed by atoms with van der Waals surface area (Å²) in [4.78, 5) is 29.9. The van der Waals surface area contributed by atoms with Crippen LogP contribution in [0.25, 0.3) is 0 Å². The summed E-state index contributed by atoms with van der Waals surface area (Å²) >= 11 is 12.4. The molecule has 0 saturated carbocycles. The molecule has 0 aliphatic carbocycles. The number of nitrogens with zero attached hydrogens (tertiary/aromatic N) is 2. The molecule has 0 radical (unpaired) electrons. The van der Waals surface area contributed by atoms with Crippen molar-refractivity contribution >= 4 is 50.7 Å². The highest BCUT2D eigenvalue weighted by Crippen LogP contribution is 2.28. The summed E-state index contributed by atoms with van der Waals surface area (Å²) in [6, 6.07) is 28.2. The van der Waals surface area contributed by atoms with Crippen LogP contribution in [0.4, 0.5) is 5.69 Å². The van der Waals surface area contributed by atoms with Gasteiger partial charge in [0.25, 0.3) is 10.0 Å². The van der Waals surface area contributed by atoms with Crippen molar-refractivity contribution in [1.82, 2.24) is 10.2 Å². The number of hydrogen-bond acceptors (Lipinski definition) is 4. The predicted octanol–water partition coefficient (Wildman–Crippen LogP) is 7.05. The van der Waals surface area contributed by atoms with E-state index >= 15 is 0 Å². The molecule has 0 spiro atoms. The van der Waals surface area contributed by atoms with Gasteiger partial charge in [0, 0.05) is 29.1 Å². The Balaban J connectivity index is 1.82. The molecule has 2 amide bonds. The number of carbonyl (C=O) groups excluding carboxylic acids is 2. The number of amides is 2. The molecule has 45 heavy (non-hydrogen) atoms. The van der Waals surface area contributed by atoms with Crippen LogP contribution in [0.2, 0.25) is 10.0 Å². The number of hydrogen-bond donors (Lipinski definition) is 1. The van der Waals surface area contributed by atoms with Gasteiger partial charge in [0.05, 0.1) is 10.6 Å². The van der Waals surface area contributed by atoms with Gasteiger partial charge in [-0.3, -0.25) is 13.9 Å². The Hall–Kier alpha value is -3.85. The molecular weight excluding hydrogens is 629 g/mol. The molecule has 0 heterocycles. The van der Waals surface area contributed by atoms with Gasteiger partial charge in [0.15, 0.2) is 0 Å². The number of halogens is 2. The van der Waals surface area contributed by atoms with Gasteiger partial charge in [0.2, 0.25) is 11.8 Å². The monoisotopic (exact) mass is 665 g/mol. The molecule has 10 heteroatoms. The minimum absolute atomic E-state index is 0.0142. The zero-order valence-corrected chi connectivity index (χ0v) is 27.8. The van der Waals surface area contributed by atoms with E-state index in [1.807, 2.05) is 50.2 Å². The fourth-order valence-electron chi connectivity index (χ4n) is 4.92. The van der Waals surface area contributed by atoms with Gasteiger partial charge in [0.1, 0.15) is 12.6 Å². The van der Waals surface area contributed by atoms with Gasteiger partial charge >= 0.3 is 0 Å². The second kappa shape index (κ2) is 15.4. The lowest BCUT2D eigenvalue weighted by Crippen LogP contribution is -2.54. The molecule has 2 atom stereocenters. The number of benzene rings is 4. The van der Waals surface area contributed by atoms with E-state index in [-0.39, 0.29) is 29.8 Å². The van der Waals surface area contributed by atoms with Crippen LogP contribution in [0.3, 0.4) is 0 Å². The van der Waals surface area contributed by atoms with Gasteiger partial charge in [-0.1, -0.05) is 90.8 Å². The highest BCUT2D eigenvalue weighted by molar-refractivity contribution is 7.92. The van der Waals surface area contributed by atoms with Crippen molar-refractivity contribution in [3.05, 3.63) is 130 Å². The first kappa shape index (κ1) is 34.0. The van der Waals surface area contributed by atoms with Crippen LogP contribution in [0.5, 0.6) is 0 Å². The Bertz CT molecular complexity index is 1720. The van der Waals surface area contributed by atoms with Crippen LogP contribution < -0.4 is 9.62 Å². The summed E-state index contributed by atoms with van der Waals surface area (Å²) in [5, 5.41) is 3.90. The van der Waals surface area contributed by atoms with E-state index in [0.29, 0.717) is 33.3 Å².